The molecule has 0 radical (unpaired) electrons. The van der Waals surface area contributed by atoms with Crippen LogP contribution < -0.4 is 10.2 Å². The summed E-state index contributed by atoms with van der Waals surface area (Å²) in [5, 5.41) is 8.11. The molecule has 2 aromatic heterocycles. The maximum absolute atomic E-state index is 12.8. The minimum Gasteiger partial charge on any atom is -0.356 e. The summed E-state index contributed by atoms with van der Waals surface area (Å²) in [5.41, 5.74) is 7.66. The number of hydrogen-bond donors (Lipinski definition) is 1. The van der Waals surface area contributed by atoms with Crippen molar-refractivity contribution in [2.24, 2.45) is 5.92 Å². The number of fused-ring (bicyclic) bond motifs is 1. The Morgan fingerprint density at radius 1 is 0.972 bits per heavy atom. The standard InChI is InChI=1S/C30H35N5O/c1-21-16-22(2)18-26(17-21)27-20-28-32-23(3)19-29(35(28)33-27)34-14-11-25(12-15-34)30(36)31-13-7-10-24-8-5-4-6-9-24/h4-6,8-9,16-20,25H,7,10-15H2,1-3H3,(H,31,36). The Labute approximate surface area is 213 Å². The molecular weight excluding hydrogens is 446 g/mol. The molecule has 6 nitrogen and oxygen atoms in total. The van der Waals surface area contributed by atoms with E-state index < -0.39 is 0 Å². The molecule has 4 aromatic rings. The molecular formula is C30H35N5O. The Kier molecular flexibility index (Phi) is 7.03. The van der Waals surface area contributed by atoms with Crippen LogP contribution in [0.15, 0.2) is 60.7 Å². The fourth-order valence-electron chi connectivity index (χ4n) is 5.23. The average Bonchev–Trinajstić information content (AvgIpc) is 3.30. The Hall–Kier alpha value is -3.67. The zero-order valence-corrected chi connectivity index (χ0v) is 21.5. The molecule has 0 spiro atoms. The van der Waals surface area contributed by atoms with Gasteiger partial charge in [-0.2, -0.15) is 9.61 Å². The van der Waals surface area contributed by atoms with Gasteiger partial charge < -0.3 is 10.2 Å². The number of anilines is 1. The van der Waals surface area contributed by atoms with Gasteiger partial charge in [-0.05, 0) is 64.2 Å². The molecule has 36 heavy (non-hydrogen) atoms. The van der Waals surface area contributed by atoms with Crippen LogP contribution in [0.3, 0.4) is 0 Å². The van der Waals surface area contributed by atoms with Gasteiger partial charge in [-0.25, -0.2) is 4.98 Å². The second-order valence-corrected chi connectivity index (χ2v) is 10.1. The first kappa shape index (κ1) is 24.0. The van der Waals surface area contributed by atoms with E-state index in [4.69, 9.17) is 10.1 Å². The smallest absolute Gasteiger partial charge is 0.223 e. The highest BCUT2D eigenvalue weighted by molar-refractivity contribution is 5.79. The lowest BCUT2D eigenvalue weighted by molar-refractivity contribution is -0.125. The van der Waals surface area contributed by atoms with E-state index >= 15 is 0 Å². The van der Waals surface area contributed by atoms with E-state index in [1.165, 1.54) is 16.7 Å². The van der Waals surface area contributed by atoms with E-state index in [2.05, 4.69) is 78.7 Å². The summed E-state index contributed by atoms with van der Waals surface area (Å²) in [4.78, 5) is 19.9. The molecule has 0 bridgehead atoms. The monoisotopic (exact) mass is 481 g/mol. The number of piperidine rings is 1. The summed E-state index contributed by atoms with van der Waals surface area (Å²) in [6.07, 6.45) is 3.65. The van der Waals surface area contributed by atoms with E-state index in [0.717, 1.165) is 73.7 Å². The SMILES string of the molecule is Cc1cc(C)cc(-c2cc3nc(C)cc(N4CCC(C(=O)NCCCc5ccccc5)CC4)n3n2)c1. The molecule has 5 rings (SSSR count). The second kappa shape index (κ2) is 10.5. The molecule has 186 valence electrons. The molecule has 0 saturated carbocycles. The predicted octanol–water partition coefficient (Wildman–Crippen LogP) is 5.29. The number of carbonyl (C=O) groups is 1. The van der Waals surface area contributed by atoms with E-state index in [1.807, 2.05) is 17.5 Å². The van der Waals surface area contributed by atoms with Crippen molar-refractivity contribution in [1.82, 2.24) is 19.9 Å². The van der Waals surface area contributed by atoms with Gasteiger partial charge in [0.25, 0.3) is 0 Å². The average molecular weight is 482 g/mol. The first-order chi connectivity index (χ1) is 17.5. The third-order valence-electron chi connectivity index (χ3n) is 7.03. The molecule has 1 amide bonds. The minimum absolute atomic E-state index is 0.0693. The molecule has 1 saturated heterocycles. The number of hydrogen-bond acceptors (Lipinski definition) is 4. The Balaban J connectivity index is 1.23. The minimum atomic E-state index is 0.0693. The van der Waals surface area contributed by atoms with Gasteiger partial charge in [-0.3, -0.25) is 4.79 Å². The number of aryl methyl sites for hydroxylation is 4. The van der Waals surface area contributed by atoms with Crippen LogP contribution in [0.5, 0.6) is 0 Å². The van der Waals surface area contributed by atoms with Crippen molar-refractivity contribution < 1.29 is 4.79 Å². The van der Waals surface area contributed by atoms with Gasteiger partial charge in [0, 0.05) is 48.9 Å². The lowest BCUT2D eigenvalue weighted by atomic mass is 9.96. The molecule has 1 aliphatic heterocycles. The Bertz CT molecular complexity index is 1330. The van der Waals surface area contributed by atoms with Crippen LogP contribution in [0.1, 0.15) is 41.6 Å². The van der Waals surface area contributed by atoms with Crippen LogP contribution >= 0.6 is 0 Å². The number of benzene rings is 2. The van der Waals surface area contributed by atoms with E-state index in [-0.39, 0.29) is 11.8 Å². The maximum atomic E-state index is 12.8. The van der Waals surface area contributed by atoms with Gasteiger partial charge in [-0.15, -0.1) is 0 Å². The number of nitrogens with zero attached hydrogens (tertiary/aromatic N) is 4. The second-order valence-electron chi connectivity index (χ2n) is 10.1. The van der Waals surface area contributed by atoms with Crippen LogP contribution in [-0.4, -0.2) is 40.1 Å². The van der Waals surface area contributed by atoms with Gasteiger partial charge in [0.05, 0.1) is 5.69 Å². The number of amides is 1. The normalized spacial score (nSPS) is 14.4. The quantitative estimate of drug-likeness (QED) is 0.365. The zero-order chi connectivity index (χ0) is 25.1. The number of carbonyl (C=O) groups excluding carboxylic acids is 1. The van der Waals surface area contributed by atoms with E-state index in [0.29, 0.717) is 0 Å². The highest BCUT2D eigenvalue weighted by atomic mass is 16.1. The summed E-state index contributed by atoms with van der Waals surface area (Å²) < 4.78 is 1.96. The van der Waals surface area contributed by atoms with Crippen molar-refractivity contribution in [1.29, 1.82) is 0 Å². The topological polar surface area (TPSA) is 62.5 Å². The largest absolute Gasteiger partial charge is 0.356 e. The summed E-state index contributed by atoms with van der Waals surface area (Å²) in [5.74, 6) is 1.31. The fraction of sp³-hybridized carbons (Fsp3) is 0.367. The molecule has 0 aliphatic carbocycles. The van der Waals surface area contributed by atoms with Crippen LogP contribution in [-0.2, 0) is 11.2 Å². The molecule has 1 aliphatic rings. The van der Waals surface area contributed by atoms with Gasteiger partial charge in [0.1, 0.15) is 5.82 Å². The highest BCUT2D eigenvalue weighted by Crippen LogP contribution is 2.28. The van der Waals surface area contributed by atoms with Crippen molar-refractivity contribution in [3.63, 3.8) is 0 Å². The molecule has 6 heteroatoms. The fourth-order valence-corrected chi connectivity index (χ4v) is 5.23. The van der Waals surface area contributed by atoms with Crippen LogP contribution in [0.25, 0.3) is 16.9 Å². The van der Waals surface area contributed by atoms with E-state index in [9.17, 15) is 4.79 Å². The lowest BCUT2D eigenvalue weighted by Crippen LogP contribution is -2.41. The van der Waals surface area contributed by atoms with Gasteiger partial charge in [-0.1, -0.05) is 47.5 Å². The third-order valence-corrected chi connectivity index (χ3v) is 7.03. The van der Waals surface area contributed by atoms with Gasteiger partial charge in [0.2, 0.25) is 5.91 Å². The first-order valence-corrected chi connectivity index (χ1v) is 13.0. The van der Waals surface area contributed by atoms with Crippen LogP contribution in [0.4, 0.5) is 5.82 Å². The van der Waals surface area contributed by atoms with E-state index in [1.54, 1.807) is 0 Å². The van der Waals surface area contributed by atoms with Crippen molar-refractivity contribution >= 4 is 17.4 Å². The van der Waals surface area contributed by atoms with Crippen LogP contribution in [0, 0.1) is 26.7 Å². The first-order valence-electron chi connectivity index (χ1n) is 13.0. The van der Waals surface area contributed by atoms with Crippen molar-refractivity contribution in [2.75, 3.05) is 24.5 Å². The predicted molar refractivity (Wildman–Crippen MR) is 145 cm³/mol. The summed E-state index contributed by atoms with van der Waals surface area (Å²) in [7, 11) is 0. The van der Waals surface area contributed by atoms with Crippen molar-refractivity contribution in [3.05, 3.63) is 83.0 Å². The van der Waals surface area contributed by atoms with Crippen molar-refractivity contribution in [2.45, 2.75) is 46.5 Å². The summed E-state index contributed by atoms with van der Waals surface area (Å²) in [6, 6.07) is 21.1. The Morgan fingerprint density at radius 2 is 1.69 bits per heavy atom. The number of rotatable bonds is 7. The zero-order valence-electron chi connectivity index (χ0n) is 21.5. The molecule has 0 atom stereocenters. The third kappa shape index (κ3) is 5.43. The Morgan fingerprint density at radius 3 is 2.42 bits per heavy atom. The maximum Gasteiger partial charge on any atom is 0.223 e. The summed E-state index contributed by atoms with van der Waals surface area (Å²) >= 11 is 0. The number of nitrogens with one attached hydrogen (secondary N) is 1. The highest BCUT2D eigenvalue weighted by Gasteiger charge is 2.26. The molecule has 3 heterocycles. The van der Waals surface area contributed by atoms with Gasteiger partial charge >= 0.3 is 0 Å². The molecule has 1 fully saturated rings. The molecule has 0 unspecified atom stereocenters. The molecule has 2 aromatic carbocycles. The van der Waals surface area contributed by atoms with Crippen molar-refractivity contribution in [3.8, 4) is 11.3 Å². The lowest BCUT2D eigenvalue weighted by Gasteiger charge is -2.33. The van der Waals surface area contributed by atoms with Crippen LogP contribution in [0.2, 0.25) is 0 Å². The number of aromatic nitrogens is 3. The summed E-state index contributed by atoms with van der Waals surface area (Å²) in [6.45, 7) is 8.65. The molecule has 1 N–H and O–H groups in total. The van der Waals surface area contributed by atoms with Gasteiger partial charge in [0.15, 0.2) is 5.65 Å².